The Morgan fingerprint density at radius 3 is 2.55 bits per heavy atom. The number of primary amides is 1. The molecule has 7 nitrogen and oxygen atoms in total. The van der Waals surface area contributed by atoms with Gasteiger partial charge in [-0.3, -0.25) is 9.59 Å². The molecule has 2 amide bonds. The summed E-state index contributed by atoms with van der Waals surface area (Å²) in [4.78, 5) is 34.2. The van der Waals surface area contributed by atoms with Crippen molar-refractivity contribution in [2.75, 3.05) is 13.1 Å². The van der Waals surface area contributed by atoms with Gasteiger partial charge >= 0.3 is 5.97 Å². The lowest BCUT2D eigenvalue weighted by molar-refractivity contribution is -0.145. The molecule has 1 aliphatic heterocycles. The van der Waals surface area contributed by atoms with E-state index < -0.39 is 29.8 Å². The van der Waals surface area contributed by atoms with E-state index in [1.54, 1.807) is 13.8 Å². The Morgan fingerprint density at radius 1 is 1.45 bits per heavy atom. The summed E-state index contributed by atoms with van der Waals surface area (Å²) < 4.78 is 0. The molecule has 1 aliphatic rings. The van der Waals surface area contributed by atoms with E-state index >= 15 is 0 Å². The van der Waals surface area contributed by atoms with Crippen LogP contribution in [-0.2, 0) is 14.4 Å². The van der Waals surface area contributed by atoms with E-state index in [1.807, 2.05) is 0 Å². The molecule has 114 valence electrons. The second-order valence-corrected chi connectivity index (χ2v) is 5.80. The van der Waals surface area contributed by atoms with Gasteiger partial charge in [0.2, 0.25) is 11.8 Å². The average molecular weight is 285 g/mol. The molecule has 20 heavy (non-hydrogen) atoms. The Labute approximate surface area is 118 Å². The minimum absolute atomic E-state index is 0.138. The standard InChI is InChI=1S/C13H23N3O4/c1-13(2,8-4-3-5-15-7-8)12(20)16-9(11(18)19)6-10(14)17/h8-9,15H,3-7H2,1-2H3,(H2,14,17)(H,16,20)(H,18,19)/t8?,9-/m1/s1. The summed E-state index contributed by atoms with van der Waals surface area (Å²) in [6, 6.07) is -1.27. The SMILES string of the molecule is CC(C)(C(=O)N[C@H](CC(N)=O)C(=O)O)C1CCCNC1. The van der Waals surface area contributed by atoms with E-state index in [9.17, 15) is 14.4 Å². The number of hydrogen-bond acceptors (Lipinski definition) is 4. The van der Waals surface area contributed by atoms with Crippen LogP contribution < -0.4 is 16.4 Å². The van der Waals surface area contributed by atoms with Crippen molar-refractivity contribution in [2.24, 2.45) is 17.1 Å². The quantitative estimate of drug-likeness (QED) is 0.522. The summed E-state index contributed by atoms with van der Waals surface area (Å²) in [5.74, 6) is -2.23. The van der Waals surface area contributed by atoms with Crippen LogP contribution in [0.2, 0.25) is 0 Å². The third-order valence-electron chi connectivity index (χ3n) is 3.91. The Bertz CT molecular complexity index is 389. The smallest absolute Gasteiger partial charge is 0.326 e. The summed E-state index contributed by atoms with van der Waals surface area (Å²) in [7, 11) is 0. The Kier molecular flexibility index (Phi) is 5.50. The Balaban J connectivity index is 2.70. The fourth-order valence-corrected chi connectivity index (χ4v) is 2.40. The molecule has 1 saturated heterocycles. The molecular weight excluding hydrogens is 262 g/mol. The average Bonchev–Trinajstić information content (AvgIpc) is 2.38. The van der Waals surface area contributed by atoms with Gasteiger partial charge in [0.1, 0.15) is 6.04 Å². The highest BCUT2D eigenvalue weighted by Crippen LogP contribution is 2.32. The normalized spacial score (nSPS) is 21.0. The molecule has 0 aliphatic carbocycles. The highest BCUT2D eigenvalue weighted by atomic mass is 16.4. The predicted molar refractivity (Wildman–Crippen MR) is 72.8 cm³/mol. The molecule has 0 saturated carbocycles. The fraction of sp³-hybridized carbons (Fsp3) is 0.769. The number of aliphatic carboxylic acids is 1. The second-order valence-electron chi connectivity index (χ2n) is 5.80. The molecule has 5 N–H and O–H groups in total. The molecule has 1 heterocycles. The van der Waals surface area contributed by atoms with Gasteiger partial charge in [0.15, 0.2) is 0 Å². The molecular formula is C13H23N3O4. The largest absolute Gasteiger partial charge is 0.480 e. The van der Waals surface area contributed by atoms with Gasteiger partial charge in [-0.25, -0.2) is 4.79 Å². The number of nitrogens with one attached hydrogen (secondary N) is 2. The summed E-state index contributed by atoms with van der Waals surface area (Å²) in [5.41, 5.74) is 4.30. The van der Waals surface area contributed by atoms with Crippen molar-refractivity contribution in [1.29, 1.82) is 0 Å². The van der Waals surface area contributed by atoms with Crippen molar-refractivity contribution >= 4 is 17.8 Å². The first-order chi connectivity index (χ1) is 9.25. The van der Waals surface area contributed by atoms with E-state index in [4.69, 9.17) is 10.8 Å². The summed E-state index contributed by atoms with van der Waals surface area (Å²) >= 11 is 0. The maximum absolute atomic E-state index is 12.3. The van der Waals surface area contributed by atoms with Gasteiger partial charge in [0.05, 0.1) is 6.42 Å². The second kappa shape index (κ2) is 6.69. The topological polar surface area (TPSA) is 122 Å². The monoisotopic (exact) mass is 285 g/mol. The predicted octanol–water partition coefficient (Wildman–Crippen LogP) is -0.543. The van der Waals surface area contributed by atoms with Crippen LogP contribution in [0.4, 0.5) is 0 Å². The molecule has 0 aromatic rings. The zero-order valence-electron chi connectivity index (χ0n) is 11.9. The highest BCUT2D eigenvalue weighted by Gasteiger charge is 2.39. The summed E-state index contributed by atoms with van der Waals surface area (Å²) in [6.07, 6.45) is 1.51. The number of amides is 2. The van der Waals surface area contributed by atoms with Crippen LogP contribution >= 0.6 is 0 Å². The lowest BCUT2D eigenvalue weighted by Gasteiger charge is -2.36. The zero-order valence-corrected chi connectivity index (χ0v) is 11.9. The number of hydrogen-bond donors (Lipinski definition) is 4. The molecule has 1 rings (SSSR count). The molecule has 0 spiro atoms. The van der Waals surface area contributed by atoms with Gasteiger partial charge in [-0.15, -0.1) is 0 Å². The van der Waals surface area contributed by atoms with Crippen LogP contribution in [-0.4, -0.2) is 42.0 Å². The van der Waals surface area contributed by atoms with E-state index in [2.05, 4.69) is 10.6 Å². The first kappa shape index (κ1) is 16.4. The minimum Gasteiger partial charge on any atom is -0.480 e. The van der Waals surface area contributed by atoms with Crippen molar-refractivity contribution in [3.63, 3.8) is 0 Å². The van der Waals surface area contributed by atoms with Crippen molar-refractivity contribution in [3.05, 3.63) is 0 Å². The van der Waals surface area contributed by atoms with Gasteiger partial charge < -0.3 is 21.5 Å². The maximum Gasteiger partial charge on any atom is 0.326 e. The van der Waals surface area contributed by atoms with E-state index in [-0.39, 0.29) is 11.8 Å². The van der Waals surface area contributed by atoms with Gasteiger partial charge in [-0.05, 0) is 31.8 Å². The van der Waals surface area contributed by atoms with Crippen LogP contribution in [0, 0.1) is 11.3 Å². The number of carboxylic acids is 1. The van der Waals surface area contributed by atoms with Crippen LogP contribution in [0.15, 0.2) is 0 Å². The number of piperidine rings is 1. The lowest BCUT2D eigenvalue weighted by Crippen LogP contribution is -2.52. The van der Waals surface area contributed by atoms with Crippen molar-refractivity contribution < 1.29 is 19.5 Å². The molecule has 0 aromatic carbocycles. The number of rotatable bonds is 6. The first-order valence-corrected chi connectivity index (χ1v) is 6.78. The van der Waals surface area contributed by atoms with Crippen LogP contribution in [0.25, 0.3) is 0 Å². The number of carbonyl (C=O) groups excluding carboxylic acids is 2. The van der Waals surface area contributed by atoms with Crippen molar-refractivity contribution in [3.8, 4) is 0 Å². The third kappa shape index (κ3) is 4.19. The Morgan fingerprint density at radius 2 is 2.10 bits per heavy atom. The molecule has 0 radical (unpaired) electrons. The maximum atomic E-state index is 12.3. The third-order valence-corrected chi connectivity index (χ3v) is 3.91. The van der Waals surface area contributed by atoms with Crippen LogP contribution in [0.1, 0.15) is 33.1 Å². The molecule has 1 unspecified atom stereocenters. The number of carbonyl (C=O) groups is 3. The van der Waals surface area contributed by atoms with E-state index in [1.165, 1.54) is 0 Å². The van der Waals surface area contributed by atoms with Crippen LogP contribution in [0.3, 0.4) is 0 Å². The van der Waals surface area contributed by atoms with Crippen molar-refractivity contribution in [2.45, 2.75) is 39.2 Å². The first-order valence-electron chi connectivity index (χ1n) is 6.78. The molecule has 0 aromatic heterocycles. The number of nitrogens with two attached hydrogens (primary N) is 1. The number of carboxylic acid groups (broad SMARTS) is 1. The summed E-state index contributed by atoms with van der Waals surface area (Å²) in [6.45, 7) is 5.26. The molecule has 2 atom stereocenters. The van der Waals surface area contributed by atoms with Gasteiger partial charge in [0.25, 0.3) is 0 Å². The van der Waals surface area contributed by atoms with Crippen LogP contribution in [0.5, 0.6) is 0 Å². The van der Waals surface area contributed by atoms with E-state index in [0.717, 1.165) is 25.9 Å². The highest BCUT2D eigenvalue weighted by molar-refractivity contribution is 5.90. The van der Waals surface area contributed by atoms with Gasteiger partial charge in [-0.2, -0.15) is 0 Å². The molecule has 7 heteroatoms. The minimum atomic E-state index is -1.27. The van der Waals surface area contributed by atoms with Gasteiger partial charge in [-0.1, -0.05) is 13.8 Å². The lowest BCUT2D eigenvalue weighted by atomic mass is 9.74. The summed E-state index contributed by atoms with van der Waals surface area (Å²) in [5, 5.41) is 14.7. The van der Waals surface area contributed by atoms with E-state index in [0.29, 0.717) is 0 Å². The molecule has 0 bridgehead atoms. The van der Waals surface area contributed by atoms with Gasteiger partial charge in [0, 0.05) is 5.41 Å². The Hall–Kier alpha value is -1.63. The molecule has 1 fully saturated rings. The van der Waals surface area contributed by atoms with Crippen molar-refractivity contribution in [1.82, 2.24) is 10.6 Å². The fourth-order valence-electron chi connectivity index (χ4n) is 2.40. The zero-order chi connectivity index (χ0) is 15.3.